The van der Waals surface area contributed by atoms with E-state index in [0.717, 1.165) is 4.47 Å². The van der Waals surface area contributed by atoms with Gasteiger partial charge in [0.05, 0.1) is 12.7 Å². The van der Waals surface area contributed by atoms with E-state index in [2.05, 4.69) is 21.2 Å². The first-order valence-electron chi connectivity index (χ1n) is 8.98. The lowest BCUT2D eigenvalue weighted by Gasteiger charge is -2.10. The lowest BCUT2D eigenvalue weighted by molar-refractivity contribution is -0.119. The topological polar surface area (TPSA) is 81.7 Å². The molecule has 0 heterocycles. The number of esters is 1. The average Bonchev–Trinajstić information content (AvgIpc) is 2.78. The maximum atomic E-state index is 12.8. The predicted molar refractivity (Wildman–Crippen MR) is 116 cm³/mol. The van der Waals surface area contributed by atoms with Crippen LogP contribution >= 0.6 is 15.9 Å². The summed E-state index contributed by atoms with van der Waals surface area (Å²) < 4.78 is 11.1. The summed E-state index contributed by atoms with van der Waals surface area (Å²) in [5.41, 5.74) is 1.27. The van der Waals surface area contributed by atoms with Crippen molar-refractivity contribution >= 4 is 39.3 Å². The van der Waals surface area contributed by atoms with Gasteiger partial charge in [0, 0.05) is 21.3 Å². The van der Waals surface area contributed by atoms with Crippen LogP contribution in [0.2, 0.25) is 0 Å². The zero-order chi connectivity index (χ0) is 21.5. The molecule has 0 radical (unpaired) electrons. The number of anilines is 1. The van der Waals surface area contributed by atoms with Gasteiger partial charge in [0.2, 0.25) is 0 Å². The summed E-state index contributed by atoms with van der Waals surface area (Å²) in [6.45, 7) is -0.472. The molecule has 152 valence electrons. The van der Waals surface area contributed by atoms with Crippen LogP contribution in [0.5, 0.6) is 5.75 Å². The second kappa shape index (κ2) is 9.84. The Hall–Kier alpha value is -3.45. The predicted octanol–water partition coefficient (Wildman–Crippen LogP) is 4.48. The molecule has 30 heavy (non-hydrogen) atoms. The first-order chi connectivity index (χ1) is 14.5. The zero-order valence-electron chi connectivity index (χ0n) is 16.1. The van der Waals surface area contributed by atoms with E-state index < -0.39 is 18.5 Å². The zero-order valence-corrected chi connectivity index (χ0v) is 17.6. The maximum Gasteiger partial charge on any atom is 0.339 e. The molecular weight excluding hydrogens is 450 g/mol. The number of hydrogen-bond acceptors (Lipinski definition) is 5. The fraction of sp³-hybridized carbons (Fsp3) is 0.0870. The molecule has 3 aromatic rings. The van der Waals surface area contributed by atoms with E-state index in [9.17, 15) is 14.4 Å². The van der Waals surface area contributed by atoms with Crippen LogP contribution in [-0.4, -0.2) is 31.4 Å². The molecule has 7 heteroatoms. The SMILES string of the molecule is COc1ccc(C(=O)c2ccccc2C(=O)OCC(=O)Nc2ccc(Br)cc2)cc1. The van der Waals surface area contributed by atoms with Crippen molar-refractivity contribution in [2.24, 2.45) is 0 Å². The molecule has 6 nitrogen and oxygen atoms in total. The van der Waals surface area contributed by atoms with Gasteiger partial charge in [-0.3, -0.25) is 9.59 Å². The van der Waals surface area contributed by atoms with Crippen molar-refractivity contribution in [2.75, 3.05) is 19.0 Å². The Kier molecular flexibility index (Phi) is 6.98. The summed E-state index contributed by atoms with van der Waals surface area (Å²) in [6, 6.07) is 19.9. The molecule has 0 unspecified atom stereocenters. The van der Waals surface area contributed by atoms with E-state index in [0.29, 0.717) is 17.0 Å². The molecule has 3 aromatic carbocycles. The number of halogens is 1. The Morgan fingerprint density at radius 3 is 2.13 bits per heavy atom. The third kappa shape index (κ3) is 5.33. The number of carbonyl (C=O) groups is 3. The smallest absolute Gasteiger partial charge is 0.339 e. The van der Waals surface area contributed by atoms with Gasteiger partial charge < -0.3 is 14.8 Å². The maximum absolute atomic E-state index is 12.8. The number of ketones is 1. The Morgan fingerprint density at radius 1 is 0.867 bits per heavy atom. The van der Waals surface area contributed by atoms with Gasteiger partial charge in [0.15, 0.2) is 12.4 Å². The van der Waals surface area contributed by atoms with Crippen molar-refractivity contribution in [3.05, 3.63) is 94.0 Å². The molecule has 0 aromatic heterocycles. The molecule has 0 spiro atoms. The second-order valence-electron chi connectivity index (χ2n) is 6.23. The van der Waals surface area contributed by atoms with Crippen LogP contribution in [0.1, 0.15) is 26.3 Å². The minimum atomic E-state index is -0.751. The Morgan fingerprint density at radius 2 is 1.50 bits per heavy atom. The summed E-state index contributed by atoms with van der Waals surface area (Å²) in [4.78, 5) is 37.4. The first kappa shape index (κ1) is 21.3. The van der Waals surface area contributed by atoms with E-state index in [-0.39, 0.29) is 16.9 Å². The van der Waals surface area contributed by atoms with Crippen molar-refractivity contribution in [3.8, 4) is 5.75 Å². The van der Waals surface area contributed by atoms with Gasteiger partial charge in [-0.05, 0) is 54.6 Å². The van der Waals surface area contributed by atoms with Crippen molar-refractivity contribution < 1.29 is 23.9 Å². The molecule has 0 fully saturated rings. The molecule has 3 rings (SSSR count). The average molecular weight is 468 g/mol. The number of methoxy groups -OCH3 is 1. The van der Waals surface area contributed by atoms with E-state index in [1.54, 1.807) is 66.7 Å². The highest BCUT2D eigenvalue weighted by atomic mass is 79.9. The van der Waals surface area contributed by atoms with Crippen LogP contribution in [0.15, 0.2) is 77.3 Å². The molecular formula is C23H18BrNO5. The van der Waals surface area contributed by atoms with E-state index in [1.807, 2.05) is 0 Å². The largest absolute Gasteiger partial charge is 0.497 e. The van der Waals surface area contributed by atoms with E-state index >= 15 is 0 Å². The number of rotatable bonds is 7. The molecule has 0 saturated heterocycles. The van der Waals surface area contributed by atoms with Crippen LogP contribution in [0.3, 0.4) is 0 Å². The van der Waals surface area contributed by atoms with Crippen LogP contribution in [-0.2, 0) is 9.53 Å². The highest BCUT2D eigenvalue weighted by Crippen LogP contribution is 2.19. The molecule has 0 aliphatic heterocycles. The van der Waals surface area contributed by atoms with E-state index in [1.165, 1.54) is 13.2 Å². The van der Waals surface area contributed by atoms with Gasteiger partial charge in [-0.25, -0.2) is 4.79 Å². The quantitative estimate of drug-likeness (QED) is 0.409. The lowest BCUT2D eigenvalue weighted by Crippen LogP contribution is -2.22. The number of carbonyl (C=O) groups excluding carboxylic acids is 3. The number of amides is 1. The third-order valence-corrected chi connectivity index (χ3v) is 4.73. The normalized spacial score (nSPS) is 10.2. The molecule has 0 bridgehead atoms. The minimum Gasteiger partial charge on any atom is -0.497 e. The van der Waals surface area contributed by atoms with Gasteiger partial charge in [0.25, 0.3) is 5.91 Å². The van der Waals surface area contributed by atoms with Gasteiger partial charge in [-0.15, -0.1) is 0 Å². The fourth-order valence-electron chi connectivity index (χ4n) is 2.70. The molecule has 1 amide bonds. The van der Waals surface area contributed by atoms with Crippen LogP contribution in [0.4, 0.5) is 5.69 Å². The second-order valence-corrected chi connectivity index (χ2v) is 7.15. The Bertz CT molecular complexity index is 1060. The van der Waals surface area contributed by atoms with Gasteiger partial charge in [-0.1, -0.05) is 34.1 Å². The van der Waals surface area contributed by atoms with Crippen molar-refractivity contribution in [2.45, 2.75) is 0 Å². The standard InChI is InChI=1S/C23H18BrNO5/c1-29-18-12-6-15(7-13-18)22(27)19-4-2-3-5-20(19)23(28)30-14-21(26)25-17-10-8-16(24)9-11-17/h2-13H,14H2,1H3,(H,25,26). The first-order valence-corrected chi connectivity index (χ1v) is 9.77. The van der Waals surface area contributed by atoms with Crippen molar-refractivity contribution in [1.29, 1.82) is 0 Å². The molecule has 0 atom stereocenters. The minimum absolute atomic E-state index is 0.0924. The highest BCUT2D eigenvalue weighted by molar-refractivity contribution is 9.10. The summed E-state index contributed by atoms with van der Waals surface area (Å²) in [6.07, 6.45) is 0. The number of ether oxygens (including phenoxy) is 2. The molecule has 0 aliphatic carbocycles. The van der Waals surface area contributed by atoms with Crippen molar-refractivity contribution in [1.82, 2.24) is 0 Å². The molecule has 0 saturated carbocycles. The third-order valence-electron chi connectivity index (χ3n) is 4.21. The van der Waals surface area contributed by atoms with Gasteiger partial charge >= 0.3 is 5.97 Å². The summed E-state index contributed by atoms with van der Waals surface area (Å²) in [5.74, 6) is -0.941. The Labute approximate surface area is 181 Å². The van der Waals surface area contributed by atoms with Gasteiger partial charge in [-0.2, -0.15) is 0 Å². The van der Waals surface area contributed by atoms with Crippen LogP contribution in [0.25, 0.3) is 0 Å². The van der Waals surface area contributed by atoms with Crippen LogP contribution in [0, 0.1) is 0 Å². The summed E-state index contributed by atoms with van der Waals surface area (Å²) in [5, 5.41) is 2.63. The van der Waals surface area contributed by atoms with E-state index in [4.69, 9.17) is 9.47 Å². The number of hydrogen-bond donors (Lipinski definition) is 1. The fourth-order valence-corrected chi connectivity index (χ4v) is 2.96. The highest BCUT2D eigenvalue weighted by Gasteiger charge is 2.20. The molecule has 0 aliphatic rings. The van der Waals surface area contributed by atoms with Crippen molar-refractivity contribution in [3.63, 3.8) is 0 Å². The number of nitrogens with one attached hydrogen (secondary N) is 1. The monoisotopic (exact) mass is 467 g/mol. The number of benzene rings is 3. The van der Waals surface area contributed by atoms with Crippen LogP contribution < -0.4 is 10.1 Å². The molecule has 1 N–H and O–H groups in total. The lowest BCUT2D eigenvalue weighted by atomic mass is 9.98. The summed E-state index contributed by atoms with van der Waals surface area (Å²) in [7, 11) is 1.54. The van der Waals surface area contributed by atoms with Gasteiger partial charge in [0.1, 0.15) is 5.75 Å². The Balaban J connectivity index is 1.68. The summed E-state index contributed by atoms with van der Waals surface area (Å²) >= 11 is 3.31.